The number of fused-ring (bicyclic) bond motifs is 1. The van der Waals surface area contributed by atoms with Crippen molar-refractivity contribution in [1.82, 2.24) is 15.0 Å². The van der Waals surface area contributed by atoms with Gasteiger partial charge in [-0.25, -0.2) is 9.78 Å². The van der Waals surface area contributed by atoms with Gasteiger partial charge in [0.05, 0.1) is 29.1 Å². The van der Waals surface area contributed by atoms with Crippen molar-refractivity contribution < 1.29 is 9.53 Å². The molecular formula is C22H19N5O2. The monoisotopic (exact) mass is 385 g/mol. The number of aromatic nitrogens is 3. The third kappa shape index (κ3) is 4.14. The molecule has 4 aromatic rings. The number of nitrogens with zero attached hydrogens (tertiary/aromatic N) is 3. The Hall–Kier alpha value is -4.00. The van der Waals surface area contributed by atoms with Crippen molar-refractivity contribution in [2.45, 2.75) is 6.92 Å². The largest absolute Gasteiger partial charge is 0.462 e. The van der Waals surface area contributed by atoms with E-state index in [1.807, 2.05) is 36.4 Å². The molecule has 144 valence electrons. The second-order valence-corrected chi connectivity index (χ2v) is 6.16. The summed E-state index contributed by atoms with van der Waals surface area (Å²) in [6.45, 7) is 2.08. The molecule has 0 saturated carbocycles. The van der Waals surface area contributed by atoms with Crippen molar-refractivity contribution in [1.29, 1.82) is 0 Å². The lowest BCUT2D eigenvalue weighted by Gasteiger charge is -2.12. The van der Waals surface area contributed by atoms with Gasteiger partial charge in [-0.2, -0.15) is 4.98 Å². The number of para-hydroxylation sites is 2. The molecule has 0 aliphatic heterocycles. The van der Waals surface area contributed by atoms with Gasteiger partial charge in [0, 0.05) is 17.8 Å². The molecule has 0 aliphatic carbocycles. The lowest BCUT2D eigenvalue weighted by atomic mass is 10.2. The molecule has 2 aromatic carbocycles. The smallest absolute Gasteiger partial charge is 0.340 e. The van der Waals surface area contributed by atoms with Gasteiger partial charge in [-0.05, 0) is 37.3 Å². The number of nitrogens with one attached hydrogen (secondary N) is 2. The minimum absolute atomic E-state index is 0.308. The molecule has 7 heteroatoms. The standard InChI is InChI=1S/C22H19N5O2/c1-2-29-21(28)16-9-3-4-10-17(16)26-22-24-14-12-19(27-22)25-18-11-5-7-15-8-6-13-23-20(15)18/h3-14H,2H2,1H3,(H2,24,25,26,27). The fourth-order valence-corrected chi connectivity index (χ4v) is 2.93. The van der Waals surface area contributed by atoms with Crippen LogP contribution in [0, 0.1) is 0 Å². The molecule has 7 nitrogen and oxygen atoms in total. The lowest BCUT2D eigenvalue weighted by Crippen LogP contribution is -2.09. The SMILES string of the molecule is CCOC(=O)c1ccccc1Nc1nccc(Nc2cccc3cccnc23)n1. The topological polar surface area (TPSA) is 89.0 Å². The highest BCUT2D eigenvalue weighted by Crippen LogP contribution is 2.25. The third-order valence-corrected chi connectivity index (χ3v) is 4.22. The number of hydrogen-bond donors (Lipinski definition) is 2. The molecular weight excluding hydrogens is 366 g/mol. The Morgan fingerprint density at radius 2 is 1.72 bits per heavy atom. The van der Waals surface area contributed by atoms with Gasteiger partial charge in [-0.3, -0.25) is 4.98 Å². The predicted octanol–water partition coefficient (Wildman–Crippen LogP) is 4.69. The van der Waals surface area contributed by atoms with Crippen molar-refractivity contribution in [2.75, 3.05) is 17.2 Å². The first-order valence-electron chi connectivity index (χ1n) is 9.21. The number of anilines is 4. The van der Waals surface area contributed by atoms with E-state index >= 15 is 0 Å². The fourth-order valence-electron chi connectivity index (χ4n) is 2.93. The number of carbonyl (C=O) groups is 1. The molecule has 0 aliphatic rings. The second-order valence-electron chi connectivity index (χ2n) is 6.16. The fraction of sp³-hybridized carbons (Fsp3) is 0.0909. The van der Waals surface area contributed by atoms with Crippen LogP contribution < -0.4 is 10.6 Å². The van der Waals surface area contributed by atoms with Crippen molar-refractivity contribution in [3.05, 3.63) is 78.6 Å². The Labute approximate surface area is 167 Å². The highest BCUT2D eigenvalue weighted by Gasteiger charge is 2.13. The zero-order valence-corrected chi connectivity index (χ0v) is 15.8. The summed E-state index contributed by atoms with van der Waals surface area (Å²) in [6.07, 6.45) is 3.40. The minimum Gasteiger partial charge on any atom is -0.462 e. The van der Waals surface area contributed by atoms with Crippen LogP contribution in [-0.4, -0.2) is 27.5 Å². The van der Waals surface area contributed by atoms with Crippen molar-refractivity contribution >= 4 is 40.0 Å². The molecule has 4 rings (SSSR count). The van der Waals surface area contributed by atoms with Gasteiger partial charge in [-0.15, -0.1) is 0 Å². The molecule has 0 bridgehead atoms. The van der Waals surface area contributed by atoms with Crippen LogP contribution in [0.3, 0.4) is 0 Å². The molecule has 0 spiro atoms. The first-order chi connectivity index (χ1) is 14.2. The van der Waals surface area contributed by atoms with Crippen LogP contribution in [0.4, 0.5) is 23.1 Å². The summed E-state index contributed by atoms with van der Waals surface area (Å²) < 4.78 is 5.11. The van der Waals surface area contributed by atoms with Crippen LogP contribution in [-0.2, 0) is 4.74 Å². The van der Waals surface area contributed by atoms with E-state index in [0.29, 0.717) is 29.6 Å². The summed E-state index contributed by atoms with van der Waals surface area (Å²) in [5, 5.41) is 7.42. The molecule has 2 aromatic heterocycles. The van der Waals surface area contributed by atoms with Crippen molar-refractivity contribution in [3.8, 4) is 0 Å². The maximum atomic E-state index is 12.2. The maximum absolute atomic E-state index is 12.2. The predicted molar refractivity (Wildman–Crippen MR) is 113 cm³/mol. The average molecular weight is 385 g/mol. The van der Waals surface area contributed by atoms with Gasteiger partial charge >= 0.3 is 5.97 Å². The number of rotatable bonds is 6. The lowest BCUT2D eigenvalue weighted by molar-refractivity contribution is 0.0527. The van der Waals surface area contributed by atoms with Gasteiger partial charge in [-0.1, -0.05) is 30.3 Å². The molecule has 0 unspecified atom stereocenters. The summed E-state index contributed by atoms with van der Waals surface area (Å²) in [6, 6.07) is 18.7. The van der Waals surface area contributed by atoms with Gasteiger partial charge in [0.1, 0.15) is 5.82 Å². The number of pyridine rings is 1. The average Bonchev–Trinajstić information content (AvgIpc) is 2.75. The van der Waals surface area contributed by atoms with Gasteiger partial charge < -0.3 is 15.4 Å². The van der Waals surface area contributed by atoms with E-state index in [2.05, 4.69) is 25.6 Å². The van der Waals surface area contributed by atoms with E-state index in [0.717, 1.165) is 16.6 Å². The minimum atomic E-state index is -0.397. The van der Waals surface area contributed by atoms with Gasteiger partial charge in [0.25, 0.3) is 0 Å². The molecule has 2 heterocycles. The first-order valence-corrected chi connectivity index (χ1v) is 9.21. The number of benzene rings is 2. The van der Waals surface area contributed by atoms with Crippen LogP contribution in [0.25, 0.3) is 10.9 Å². The van der Waals surface area contributed by atoms with Gasteiger partial charge in [0.2, 0.25) is 5.95 Å². The Morgan fingerprint density at radius 1 is 0.897 bits per heavy atom. The maximum Gasteiger partial charge on any atom is 0.340 e. The molecule has 0 fully saturated rings. The summed E-state index contributed by atoms with van der Waals surface area (Å²) in [5.41, 5.74) is 2.71. The molecule has 0 atom stereocenters. The highest BCUT2D eigenvalue weighted by atomic mass is 16.5. The molecule has 0 amide bonds. The van der Waals surface area contributed by atoms with Gasteiger partial charge in [0.15, 0.2) is 0 Å². The van der Waals surface area contributed by atoms with Crippen LogP contribution in [0.15, 0.2) is 73.1 Å². The van der Waals surface area contributed by atoms with Crippen LogP contribution >= 0.6 is 0 Å². The van der Waals surface area contributed by atoms with E-state index in [1.54, 1.807) is 43.6 Å². The zero-order valence-electron chi connectivity index (χ0n) is 15.8. The van der Waals surface area contributed by atoms with Crippen molar-refractivity contribution in [2.24, 2.45) is 0 Å². The Bertz CT molecular complexity index is 1160. The normalized spacial score (nSPS) is 10.5. The Kier molecular flexibility index (Phi) is 5.29. The number of ether oxygens (including phenoxy) is 1. The molecule has 0 radical (unpaired) electrons. The Morgan fingerprint density at radius 3 is 2.62 bits per heavy atom. The molecule has 2 N–H and O–H groups in total. The van der Waals surface area contributed by atoms with Crippen LogP contribution in [0.2, 0.25) is 0 Å². The number of carbonyl (C=O) groups excluding carboxylic acids is 1. The number of hydrogen-bond acceptors (Lipinski definition) is 7. The Balaban J connectivity index is 1.60. The van der Waals surface area contributed by atoms with E-state index in [1.165, 1.54) is 0 Å². The first kappa shape index (κ1) is 18.4. The van der Waals surface area contributed by atoms with E-state index in [-0.39, 0.29) is 0 Å². The number of esters is 1. The summed E-state index contributed by atoms with van der Waals surface area (Å²) in [5.74, 6) is 0.570. The van der Waals surface area contributed by atoms with E-state index in [9.17, 15) is 4.79 Å². The third-order valence-electron chi connectivity index (χ3n) is 4.22. The summed E-state index contributed by atoms with van der Waals surface area (Å²) >= 11 is 0. The molecule has 0 saturated heterocycles. The quantitative estimate of drug-likeness (QED) is 0.466. The molecule has 29 heavy (non-hydrogen) atoms. The zero-order chi connectivity index (χ0) is 20.1. The van der Waals surface area contributed by atoms with E-state index in [4.69, 9.17) is 4.74 Å². The second kappa shape index (κ2) is 8.35. The summed E-state index contributed by atoms with van der Waals surface area (Å²) in [4.78, 5) is 25.4. The van der Waals surface area contributed by atoms with Crippen LogP contribution in [0.1, 0.15) is 17.3 Å². The summed E-state index contributed by atoms with van der Waals surface area (Å²) in [7, 11) is 0. The van der Waals surface area contributed by atoms with Crippen LogP contribution in [0.5, 0.6) is 0 Å². The van der Waals surface area contributed by atoms with E-state index < -0.39 is 5.97 Å². The highest BCUT2D eigenvalue weighted by molar-refractivity contribution is 5.96. The van der Waals surface area contributed by atoms with Crippen molar-refractivity contribution in [3.63, 3.8) is 0 Å².